The maximum absolute atomic E-state index is 12.9. The number of fused-ring (bicyclic) bond motifs is 2. The third-order valence-corrected chi connectivity index (χ3v) is 5.35. The number of aromatic nitrogens is 2. The van der Waals surface area contributed by atoms with Crippen LogP contribution in [0.25, 0.3) is 22.0 Å². The number of H-pyrrole nitrogens is 1. The number of aryl methyl sites for hydroxylation is 1. The number of carbonyl (C=O) groups excluding carboxylic acids is 1. The summed E-state index contributed by atoms with van der Waals surface area (Å²) in [6, 6.07) is 15.4. The Balaban J connectivity index is 1.64. The summed E-state index contributed by atoms with van der Waals surface area (Å²) < 4.78 is 5.81. The molecule has 4 rings (SSSR count). The van der Waals surface area contributed by atoms with Crippen LogP contribution in [0, 0.1) is 6.92 Å². The Morgan fingerprint density at radius 2 is 2.00 bits per heavy atom. The summed E-state index contributed by atoms with van der Waals surface area (Å²) in [5, 5.41) is 4.07. The van der Waals surface area contributed by atoms with E-state index in [4.69, 9.17) is 4.42 Å². The Morgan fingerprint density at radius 1 is 1.22 bits per heavy atom. The molecular weight excluding hydrogens is 358 g/mol. The van der Waals surface area contributed by atoms with E-state index in [9.17, 15) is 4.79 Å². The molecule has 0 saturated heterocycles. The molecule has 6 heteroatoms. The number of nitrogens with one attached hydrogen (secondary N) is 2. The topological polar surface area (TPSA) is 70.9 Å². The standard InChI is InChI=1S/C21H21N3O2S/c1-13-14-7-3-6-10-18(14)26-19(13)21(25)24-17(11-12-27-2)20-22-15-8-4-5-9-16(15)23-20/h3-10,17H,11-12H2,1-2H3,(H,22,23)(H,24,25)/t17-/m0/s1. The number of para-hydroxylation sites is 3. The number of hydrogen-bond donors (Lipinski definition) is 2. The van der Waals surface area contributed by atoms with E-state index in [2.05, 4.69) is 21.5 Å². The summed E-state index contributed by atoms with van der Waals surface area (Å²) in [6.07, 6.45) is 2.84. The molecule has 2 aromatic heterocycles. The molecule has 0 spiro atoms. The number of hydrogen-bond acceptors (Lipinski definition) is 4. The van der Waals surface area contributed by atoms with Crippen LogP contribution in [-0.4, -0.2) is 27.9 Å². The number of nitrogens with zero attached hydrogens (tertiary/aromatic N) is 1. The molecule has 2 N–H and O–H groups in total. The number of amides is 1. The van der Waals surface area contributed by atoms with E-state index in [-0.39, 0.29) is 11.9 Å². The van der Waals surface area contributed by atoms with Crippen molar-refractivity contribution in [1.82, 2.24) is 15.3 Å². The van der Waals surface area contributed by atoms with Crippen LogP contribution < -0.4 is 5.32 Å². The lowest BCUT2D eigenvalue weighted by atomic mass is 10.1. The number of rotatable bonds is 6. The molecule has 27 heavy (non-hydrogen) atoms. The molecule has 0 aliphatic rings. The average Bonchev–Trinajstić information content (AvgIpc) is 3.26. The SMILES string of the molecule is CSCC[C@H](NC(=O)c1oc2ccccc2c1C)c1nc2ccccc2[nH]1. The molecule has 2 aromatic carbocycles. The maximum atomic E-state index is 12.9. The predicted molar refractivity (Wildman–Crippen MR) is 110 cm³/mol. The van der Waals surface area contributed by atoms with Gasteiger partial charge in [-0.3, -0.25) is 4.79 Å². The van der Waals surface area contributed by atoms with Crippen molar-refractivity contribution in [3.05, 3.63) is 65.7 Å². The largest absolute Gasteiger partial charge is 0.451 e. The van der Waals surface area contributed by atoms with E-state index < -0.39 is 0 Å². The van der Waals surface area contributed by atoms with Crippen molar-refractivity contribution in [3.8, 4) is 0 Å². The molecule has 4 aromatic rings. The van der Waals surface area contributed by atoms with Gasteiger partial charge < -0.3 is 14.7 Å². The normalized spacial score (nSPS) is 12.5. The first-order valence-electron chi connectivity index (χ1n) is 8.90. The number of imidazole rings is 1. The van der Waals surface area contributed by atoms with Crippen molar-refractivity contribution in [3.63, 3.8) is 0 Å². The molecule has 0 saturated carbocycles. The minimum atomic E-state index is -0.213. The second-order valence-corrected chi connectivity index (χ2v) is 7.48. The third-order valence-electron chi connectivity index (χ3n) is 4.70. The molecule has 0 aliphatic carbocycles. The van der Waals surface area contributed by atoms with Gasteiger partial charge in [0.15, 0.2) is 5.76 Å². The lowest BCUT2D eigenvalue weighted by molar-refractivity contribution is 0.0907. The molecule has 0 bridgehead atoms. The molecule has 0 radical (unpaired) electrons. The Morgan fingerprint density at radius 3 is 2.78 bits per heavy atom. The van der Waals surface area contributed by atoms with Crippen LogP contribution in [0.5, 0.6) is 0 Å². The highest BCUT2D eigenvalue weighted by atomic mass is 32.2. The van der Waals surface area contributed by atoms with E-state index in [0.717, 1.165) is 45.6 Å². The fourth-order valence-corrected chi connectivity index (χ4v) is 3.74. The summed E-state index contributed by atoms with van der Waals surface area (Å²) in [6.45, 7) is 1.92. The Hall–Kier alpha value is -2.73. The van der Waals surface area contributed by atoms with Gasteiger partial charge in [0.25, 0.3) is 5.91 Å². The second-order valence-electron chi connectivity index (χ2n) is 6.50. The second kappa shape index (κ2) is 7.48. The van der Waals surface area contributed by atoms with Crippen molar-refractivity contribution < 1.29 is 9.21 Å². The van der Waals surface area contributed by atoms with Crippen LogP contribution in [0.3, 0.4) is 0 Å². The summed E-state index contributed by atoms with van der Waals surface area (Å²) in [4.78, 5) is 20.9. The molecule has 1 atom stereocenters. The van der Waals surface area contributed by atoms with Crippen LogP contribution in [-0.2, 0) is 0 Å². The van der Waals surface area contributed by atoms with Gasteiger partial charge >= 0.3 is 0 Å². The van der Waals surface area contributed by atoms with Crippen molar-refractivity contribution in [2.45, 2.75) is 19.4 Å². The van der Waals surface area contributed by atoms with E-state index in [1.165, 1.54) is 0 Å². The smallest absolute Gasteiger partial charge is 0.287 e. The molecule has 1 amide bonds. The molecule has 0 unspecified atom stereocenters. The molecule has 138 valence electrons. The molecule has 2 heterocycles. The van der Waals surface area contributed by atoms with Gasteiger partial charge in [0, 0.05) is 10.9 Å². The third kappa shape index (κ3) is 3.45. The number of benzene rings is 2. The van der Waals surface area contributed by atoms with Gasteiger partial charge in [-0.2, -0.15) is 11.8 Å². The minimum Gasteiger partial charge on any atom is -0.451 e. The van der Waals surface area contributed by atoms with E-state index in [1.807, 2.05) is 55.5 Å². The fourth-order valence-electron chi connectivity index (χ4n) is 3.27. The van der Waals surface area contributed by atoms with E-state index in [0.29, 0.717) is 5.76 Å². The monoisotopic (exact) mass is 379 g/mol. The van der Waals surface area contributed by atoms with Gasteiger partial charge in [0.05, 0.1) is 17.1 Å². The predicted octanol–water partition coefficient (Wildman–Crippen LogP) is 4.84. The molecular formula is C21H21N3O2S. The maximum Gasteiger partial charge on any atom is 0.287 e. The highest BCUT2D eigenvalue weighted by Crippen LogP contribution is 2.26. The van der Waals surface area contributed by atoms with Gasteiger partial charge in [0.2, 0.25) is 0 Å². The average molecular weight is 379 g/mol. The first-order chi connectivity index (χ1) is 13.2. The zero-order chi connectivity index (χ0) is 18.8. The minimum absolute atomic E-state index is 0.204. The summed E-state index contributed by atoms with van der Waals surface area (Å²) in [7, 11) is 0. The van der Waals surface area contributed by atoms with Crippen molar-refractivity contribution in [2.75, 3.05) is 12.0 Å². The Labute approximate surface area is 161 Å². The van der Waals surface area contributed by atoms with E-state index in [1.54, 1.807) is 11.8 Å². The molecule has 5 nitrogen and oxygen atoms in total. The zero-order valence-electron chi connectivity index (χ0n) is 15.3. The number of thioether (sulfide) groups is 1. The van der Waals surface area contributed by atoms with Crippen LogP contribution in [0.1, 0.15) is 34.4 Å². The summed E-state index contributed by atoms with van der Waals surface area (Å²) >= 11 is 1.74. The first-order valence-corrected chi connectivity index (χ1v) is 10.3. The lowest BCUT2D eigenvalue weighted by Crippen LogP contribution is -2.30. The van der Waals surface area contributed by atoms with Gasteiger partial charge in [-0.15, -0.1) is 0 Å². The van der Waals surface area contributed by atoms with Crippen molar-refractivity contribution in [1.29, 1.82) is 0 Å². The Kier molecular flexibility index (Phi) is 4.90. The van der Waals surface area contributed by atoms with Crippen molar-refractivity contribution in [2.24, 2.45) is 0 Å². The van der Waals surface area contributed by atoms with Gasteiger partial charge in [-0.05, 0) is 43.6 Å². The molecule has 0 aliphatic heterocycles. The van der Waals surface area contributed by atoms with Crippen LogP contribution in [0.2, 0.25) is 0 Å². The molecule has 0 fully saturated rings. The zero-order valence-corrected chi connectivity index (χ0v) is 16.1. The summed E-state index contributed by atoms with van der Waals surface area (Å²) in [5.41, 5.74) is 3.45. The van der Waals surface area contributed by atoms with Crippen LogP contribution in [0.15, 0.2) is 52.9 Å². The van der Waals surface area contributed by atoms with Crippen LogP contribution >= 0.6 is 11.8 Å². The highest BCUT2D eigenvalue weighted by molar-refractivity contribution is 7.98. The Bertz CT molecular complexity index is 1070. The van der Waals surface area contributed by atoms with Crippen LogP contribution in [0.4, 0.5) is 0 Å². The summed E-state index contributed by atoms with van der Waals surface area (Å²) in [5.74, 6) is 1.84. The van der Waals surface area contributed by atoms with Gasteiger partial charge in [-0.25, -0.2) is 4.98 Å². The quantitative estimate of drug-likeness (QED) is 0.503. The lowest BCUT2D eigenvalue weighted by Gasteiger charge is -2.15. The number of carbonyl (C=O) groups is 1. The number of furan rings is 1. The first kappa shape index (κ1) is 17.7. The van der Waals surface area contributed by atoms with Gasteiger partial charge in [0.1, 0.15) is 11.4 Å². The number of aromatic amines is 1. The van der Waals surface area contributed by atoms with Crippen molar-refractivity contribution >= 4 is 39.7 Å². The van der Waals surface area contributed by atoms with Gasteiger partial charge in [-0.1, -0.05) is 30.3 Å². The highest BCUT2D eigenvalue weighted by Gasteiger charge is 2.23. The van der Waals surface area contributed by atoms with E-state index >= 15 is 0 Å². The fraction of sp³-hybridized carbons (Fsp3) is 0.238.